The summed E-state index contributed by atoms with van der Waals surface area (Å²) in [6.07, 6.45) is 3.36. The maximum atomic E-state index is 11.5. The Kier molecular flexibility index (Phi) is 6.97. The average molecular weight is 452 g/mol. The molecule has 0 aromatic heterocycles. The highest BCUT2D eigenvalue weighted by atomic mass is 79.9. The van der Waals surface area contributed by atoms with Gasteiger partial charge in [-0.2, -0.15) is 0 Å². The van der Waals surface area contributed by atoms with Crippen molar-refractivity contribution >= 4 is 37.3 Å². The van der Waals surface area contributed by atoms with Crippen molar-refractivity contribution in [1.29, 1.82) is 0 Å². The first-order valence-electron chi connectivity index (χ1n) is 8.18. The van der Waals surface area contributed by atoms with Crippen LogP contribution in [0.4, 0.5) is 11.4 Å². The number of sulfonamides is 1. The van der Waals surface area contributed by atoms with Crippen LogP contribution >= 0.6 is 15.9 Å². The van der Waals surface area contributed by atoms with E-state index in [1.54, 1.807) is 0 Å². The molecular weight excluding hydrogens is 430 g/mol. The zero-order valence-electron chi connectivity index (χ0n) is 14.0. The highest BCUT2D eigenvalue weighted by molar-refractivity contribution is 9.10. The average Bonchev–Trinajstić information content (AvgIpc) is 2.56. The molecule has 1 aromatic carbocycles. The highest BCUT2D eigenvalue weighted by Crippen LogP contribution is 2.37. The molecule has 1 aliphatic rings. The predicted molar refractivity (Wildman–Crippen MR) is 99.2 cm³/mol. The largest absolute Gasteiger partial charge is 0.394 e. The van der Waals surface area contributed by atoms with Gasteiger partial charge in [-0.05, 0) is 60.0 Å². The fraction of sp³-hybridized carbons (Fsp3) is 0.600. The van der Waals surface area contributed by atoms with Gasteiger partial charge >= 0.3 is 0 Å². The van der Waals surface area contributed by atoms with Crippen LogP contribution in [0.5, 0.6) is 0 Å². The lowest BCUT2D eigenvalue weighted by Gasteiger charge is -2.29. The number of aliphatic hydroxyl groups excluding tert-OH is 2. The fourth-order valence-corrected chi connectivity index (χ4v) is 4.46. The van der Waals surface area contributed by atoms with Crippen molar-refractivity contribution in [3.8, 4) is 0 Å². The molecule has 0 unspecified atom stereocenters. The van der Waals surface area contributed by atoms with Crippen molar-refractivity contribution in [2.45, 2.75) is 49.1 Å². The van der Waals surface area contributed by atoms with Gasteiger partial charge in [0.25, 0.3) is 5.69 Å². The Morgan fingerprint density at radius 2 is 1.96 bits per heavy atom. The third kappa shape index (κ3) is 5.36. The number of hydrogen-bond acceptors (Lipinski definition) is 7. The molecule has 9 nitrogen and oxygen atoms in total. The first-order chi connectivity index (χ1) is 12.1. The molecule has 1 atom stereocenters. The molecule has 0 spiro atoms. The molecule has 0 saturated heterocycles. The number of benzene rings is 1. The number of nitrogens with zero attached hydrogens (tertiary/aromatic N) is 1. The summed E-state index contributed by atoms with van der Waals surface area (Å²) >= 11 is 3.15. The smallest absolute Gasteiger partial charge is 0.294 e. The van der Waals surface area contributed by atoms with Gasteiger partial charge in [0.1, 0.15) is 5.69 Å². The van der Waals surface area contributed by atoms with Crippen molar-refractivity contribution in [1.82, 2.24) is 0 Å². The SMILES string of the molecule is NS(=O)(=O)c1cc(Br)c(N[C@@H](CO)CC2CCC(O)CC2)c([N+](=O)[O-])c1. The van der Waals surface area contributed by atoms with Crippen LogP contribution in [0.15, 0.2) is 21.5 Å². The van der Waals surface area contributed by atoms with Crippen LogP contribution in [0.1, 0.15) is 32.1 Å². The quantitative estimate of drug-likeness (QED) is 0.363. The minimum atomic E-state index is -4.10. The molecule has 146 valence electrons. The summed E-state index contributed by atoms with van der Waals surface area (Å²) in [6.45, 7) is -0.237. The van der Waals surface area contributed by atoms with Crippen molar-refractivity contribution in [2.24, 2.45) is 11.1 Å². The first kappa shape index (κ1) is 21.0. The third-order valence-electron chi connectivity index (χ3n) is 4.57. The van der Waals surface area contributed by atoms with E-state index in [0.29, 0.717) is 25.2 Å². The van der Waals surface area contributed by atoms with Crippen LogP contribution in [-0.2, 0) is 10.0 Å². The molecule has 0 aliphatic heterocycles. The Morgan fingerprint density at radius 1 is 1.35 bits per heavy atom. The van der Waals surface area contributed by atoms with Crippen LogP contribution in [0, 0.1) is 16.0 Å². The van der Waals surface area contributed by atoms with Crippen LogP contribution in [-0.4, -0.2) is 42.3 Å². The highest BCUT2D eigenvalue weighted by Gasteiger charge is 2.27. The molecule has 1 aromatic rings. The van der Waals surface area contributed by atoms with E-state index < -0.39 is 26.7 Å². The first-order valence-corrected chi connectivity index (χ1v) is 10.5. The molecule has 0 bridgehead atoms. The van der Waals surface area contributed by atoms with E-state index in [9.17, 15) is 28.7 Å². The summed E-state index contributed by atoms with van der Waals surface area (Å²) in [7, 11) is -4.10. The summed E-state index contributed by atoms with van der Waals surface area (Å²) in [5, 5.41) is 38.6. The second kappa shape index (κ2) is 8.61. The predicted octanol–water partition coefficient (Wildman–Crippen LogP) is 1.72. The molecule has 0 radical (unpaired) electrons. The molecule has 26 heavy (non-hydrogen) atoms. The zero-order valence-corrected chi connectivity index (χ0v) is 16.4. The molecule has 2 rings (SSSR count). The Labute approximate surface area is 159 Å². The maximum Gasteiger partial charge on any atom is 0.294 e. The fourth-order valence-electron chi connectivity index (χ4n) is 3.19. The van der Waals surface area contributed by atoms with Crippen LogP contribution in [0.25, 0.3) is 0 Å². The van der Waals surface area contributed by atoms with Gasteiger partial charge in [-0.3, -0.25) is 10.1 Å². The van der Waals surface area contributed by atoms with E-state index >= 15 is 0 Å². The van der Waals surface area contributed by atoms with Gasteiger partial charge in [-0.1, -0.05) is 0 Å². The van der Waals surface area contributed by atoms with Gasteiger partial charge in [0, 0.05) is 16.6 Å². The van der Waals surface area contributed by atoms with Gasteiger partial charge in [0.2, 0.25) is 10.0 Å². The van der Waals surface area contributed by atoms with Gasteiger partial charge < -0.3 is 15.5 Å². The lowest BCUT2D eigenvalue weighted by Crippen LogP contribution is -2.30. The number of nitro benzene ring substituents is 1. The van der Waals surface area contributed by atoms with E-state index in [1.807, 2.05) is 0 Å². The summed E-state index contributed by atoms with van der Waals surface area (Å²) in [5.41, 5.74) is -0.349. The van der Waals surface area contributed by atoms with Crippen LogP contribution in [0.3, 0.4) is 0 Å². The normalized spacial score (nSPS) is 22.0. The van der Waals surface area contributed by atoms with Gasteiger partial charge in [-0.25, -0.2) is 13.6 Å². The van der Waals surface area contributed by atoms with Crippen molar-refractivity contribution in [3.05, 3.63) is 26.7 Å². The maximum absolute atomic E-state index is 11.5. The Morgan fingerprint density at radius 3 is 2.46 bits per heavy atom. The Hall–Kier alpha value is -1.27. The number of nitrogens with one attached hydrogen (secondary N) is 1. The summed E-state index contributed by atoms with van der Waals surface area (Å²) < 4.78 is 23.2. The lowest BCUT2D eigenvalue weighted by atomic mass is 9.83. The topological polar surface area (TPSA) is 156 Å². The van der Waals surface area contributed by atoms with Gasteiger partial charge in [0.05, 0.1) is 22.5 Å². The number of rotatable bonds is 7. The zero-order chi connectivity index (χ0) is 19.5. The van der Waals surface area contributed by atoms with Crippen LogP contribution in [0.2, 0.25) is 0 Å². The molecular formula is C15H22BrN3O6S. The molecule has 11 heteroatoms. The van der Waals surface area contributed by atoms with E-state index in [-0.39, 0.29) is 27.8 Å². The summed E-state index contributed by atoms with van der Waals surface area (Å²) in [4.78, 5) is 10.3. The monoisotopic (exact) mass is 451 g/mol. The van der Waals surface area contributed by atoms with Crippen molar-refractivity contribution < 1.29 is 23.6 Å². The molecule has 0 heterocycles. The van der Waals surface area contributed by atoms with Crippen molar-refractivity contribution in [3.63, 3.8) is 0 Å². The van der Waals surface area contributed by atoms with Gasteiger partial charge in [0.15, 0.2) is 0 Å². The Balaban J connectivity index is 2.24. The molecule has 1 fully saturated rings. The number of primary sulfonamides is 1. The molecule has 0 amide bonds. The summed E-state index contributed by atoms with van der Waals surface area (Å²) in [6, 6.07) is 1.65. The Bertz CT molecular complexity index is 765. The van der Waals surface area contributed by atoms with Crippen molar-refractivity contribution in [2.75, 3.05) is 11.9 Å². The van der Waals surface area contributed by atoms with Crippen LogP contribution < -0.4 is 10.5 Å². The van der Waals surface area contributed by atoms with E-state index in [4.69, 9.17) is 5.14 Å². The number of anilines is 1. The second-order valence-corrected chi connectivity index (χ2v) is 8.95. The lowest BCUT2D eigenvalue weighted by molar-refractivity contribution is -0.384. The number of halogens is 1. The minimum Gasteiger partial charge on any atom is -0.394 e. The number of nitrogens with two attached hydrogens (primary N) is 1. The molecule has 1 saturated carbocycles. The second-order valence-electron chi connectivity index (χ2n) is 6.54. The van der Waals surface area contributed by atoms with E-state index in [0.717, 1.165) is 18.9 Å². The standard InChI is InChI=1S/C15H22BrN3O6S/c16-13-6-12(26(17,24)25)7-14(19(22)23)15(13)18-10(8-20)5-9-1-3-11(21)4-2-9/h6-7,9-11,18,20-21H,1-5,8H2,(H2,17,24,25)/t9?,10-,11?/m1/s1. The number of nitro groups is 1. The number of hydrogen-bond donors (Lipinski definition) is 4. The van der Waals surface area contributed by atoms with Gasteiger partial charge in [-0.15, -0.1) is 0 Å². The summed E-state index contributed by atoms with van der Waals surface area (Å²) in [5.74, 6) is 0.296. The third-order valence-corrected chi connectivity index (χ3v) is 6.09. The van der Waals surface area contributed by atoms with E-state index in [1.165, 1.54) is 6.07 Å². The number of aliphatic hydroxyl groups is 2. The molecule has 5 N–H and O–H groups in total. The van der Waals surface area contributed by atoms with E-state index in [2.05, 4.69) is 21.2 Å². The molecule has 1 aliphatic carbocycles. The minimum absolute atomic E-state index is 0.0947.